The standard InChI is InChI=1S/C18H29N3O5S2/c1-4-20(5-2)28(25,26)17-11-9-15(10-12-17)18(22)21-13-7-6-8-16(21)14-19-27(3,23)24/h9-12,16,19H,4-8,13-14H2,1-3H3. The van der Waals surface area contributed by atoms with Gasteiger partial charge in [0.05, 0.1) is 11.2 Å². The molecule has 0 saturated carbocycles. The predicted octanol–water partition coefficient (Wildman–Crippen LogP) is 1.26. The first-order chi connectivity index (χ1) is 13.1. The second-order valence-corrected chi connectivity index (χ2v) is 10.7. The van der Waals surface area contributed by atoms with E-state index in [1.54, 1.807) is 18.7 Å². The molecule has 1 saturated heterocycles. The van der Waals surface area contributed by atoms with Crippen LogP contribution in [0.1, 0.15) is 43.5 Å². The van der Waals surface area contributed by atoms with Gasteiger partial charge in [0.2, 0.25) is 20.0 Å². The fourth-order valence-electron chi connectivity index (χ4n) is 3.38. The quantitative estimate of drug-likeness (QED) is 0.667. The van der Waals surface area contributed by atoms with Gasteiger partial charge in [0.1, 0.15) is 0 Å². The number of sulfonamides is 2. The molecular formula is C18H29N3O5S2. The van der Waals surface area contributed by atoms with Gasteiger partial charge in [-0.05, 0) is 43.5 Å². The van der Waals surface area contributed by atoms with Crippen LogP contribution in [0.2, 0.25) is 0 Å². The summed E-state index contributed by atoms with van der Waals surface area (Å²) in [5, 5.41) is 0. The first kappa shape index (κ1) is 22.8. The minimum Gasteiger partial charge on any atom is -0.334 e. The maximum absolute atomic E-state index is 12.9. The number of rotatable bonds is 8. The van der Waals surface area contributed by atoms with Crippen molar-refractivity contribution in [3.8, 4) is 0 Å². The predicted molar refractivity (Wildman–Crippen MR) is 108 cm³/mol. The number of nitrogens with zero attached hydrogens (tertiary/aromatic N) is 2. The third kappa shape index (κ3) is 5.53. The zero-order chi connectivity index (χ0) is 20.9. The molecule has 8 nitrogen and oxygen atoms in total. The molecule has 28 heavy (non-hydrogen) atoms. The molecule has 1 heterocycles. The number of carbonyl (C=O) groups excluding carboxylic acids is 1. The average molecular weight is 432 g/mol. The first-order valence-corrected chi connectivity index (χ1v) is 12.8. The minimum atomic E-state index is -3.57. The topological polar surface area (TPSA) is 104 Å². The van der Waals surface area contributed by atoms with Crippen molar-refractivity contribution in [2.45, 2.75) is 44.0 Å². The lowest BCUT2D eigenvalue weighted by molar-refractivity contribution is 0.0618. The maximum Gasteiger partial charge on any atom is 0.254 e. The molecule has 10 heteroatoms. The number of hydrogen-bond donors (Lipinski definition) is 1. The van der Waals surface area contributed by atoms with E-state index in [4.69, 9.17) is 0 Å². The van der Waals surface area contributed by atoms with Crippen LogP contribution in [-0.4, -0.2) is 70.4 Å². The van der Waals surface area contributed by atoms with Crippen molar-refractivity contribution < 1.29 is 21.6 Å². The third-order valence-corrected chi connectivity index (χ3v) is 7.67. The number of amides is 1. The number of nitrogens with one attached hydrogen (secondary N) is 1. The molecule has 1 N–H and O–H groups in total. The molecule has 0 spiro atoms. The van der Waals surface area contributed by atoms with Crippen LogP contribution >= 0.6 is 0 Å². The van der Waals surface area contributed by atoms with Gasteiger partial charge in [-0.3, -0.25) is 4.79 Å². The van der Waals surface area contributed by atoms with Crippen molar-refractivity contribution in [1.82, 2.24) is 13.9 Å². The Hall–Kier alpha value is -1.49. The molecule has 1 aromatic carbocycles. The summed E-state index contributed by atoms with van der Waals surface area (Å²) in [4.78, 5) is 14.8. The van der Waals surface area contributed by atoms with Crippen LogP contribution in [0, 0.1) is 0 Å². The number of hydrogen-bond acceptors (Lipinski definition) is 5. The van der Waals surface area contributed by atoms with Gasteiger partial charge in [-0.2, -0.15) is 4.31 Å². The normalized spacial score (nSPS) is 18.4. The van der Waals surface area contributed by atoms with Crippen LogP contribution in [0.3, 0.4) is 0 Å². The van der Waals surface area contributed by atoms with Crippen molar-refractivity contribution in [2.24, 2.45) is 0 Å². The van der Waals surface area contributed by atoms with E-state index >= 15 is 0 Å². The van der Waals surface area contributed by atoms with E-state index in [9.17, 15) is 21.6 Å². The molecule has 0 aliphatic carbocycles. The van der Waals surface area contributed by atoms with E-state index in [1.165, 1.54) is 28.6 Å². The van der Waals surface area contributed by atoms with E-state index in [-0.39, 0.29) is 23.4 Å². The molecule has 0 bridgehead atoms. The molecule has 1 fully saturated rings. The molecule has 2 rings (SSSR count). The van der Waals surface area contributed by atoms with Gasteiger partial charge < -0.3 is 4.90 Å². The van der Waals surface area contributed by atoms with Crippen molar-refractivity contribution in [3.63, 3.8) is 0 Å². The summed E-state index contributed by atoms with van der Waals surface area (Å²) in [7, 11) is -6.90. The maximum atomic E-state index is 12.9. The number of carbonyl (C=O) groups is 1. The Morgan fingerprint density at radius 2 is 1.71 bits per heavy atom. The van der Waals surface area contributed by atoms with Crippen LogP contribution in [0.25, 0.3) is 0 Å². The van der Waals surface area contributed by atoms with E-state index in [1.807, 2.05) is 0 Å². The van der Waals surface area contributed by atoms with Crippen LogP contribution in [0.15, 0.2) is 29.2 Å². The minimum absolute atomic E-state index is 0.154. The van der Waals surface area contributed by atoms with E-state index < -0.39 is 20.0 Å². The Balaban J connectivity index is 2.18. The highest BCUT2D eigenvalue weighted by Gasteiger charge is 2.28. The van der Waals surface area contributed by atoms with E-state index in [2.05, 4.69) is 4.72 Å². The van der Waals surface area contributed by atoms with Crippen LogP contribution < -0.4 is 4.72 Å². The molecule has 158 valence electrons. The summed E-state index contributed by atoms with van der Waals surface area (Å²) in [6, 6.07) is 5.74. The average Bonchev–Trinajstić information content (AvgIpc) is 2.66. The Bertz CT molecular complexity index is 878. The molecule has 1 aliphatic heterocycles. The second-order valence-electron chi connectivity index (χ2n) is 6.88. The fraction of sp³-hybridized carbons (Fsp3) is 0.611. The second kappa shape index (κ2) is 9.34. The summed E-state index contributed by atoms with van der Waals surface area (Å²) in [5.41, 5.74) is 0.393. The summed E-state index contributed by atoms with van der Waals surface area (Å²) in [6.45, 7) is 5.04. The zero-order valence-corrected chi connectivity index (χ0v) is 18.2. The number of piperidine rings is 1. The Kier molecular flexibility index (Phi) is 7.60. The molecular weight excluding hydrogens is 402 g/mol. The van der Waals surface area contributed by atoms with Gasteiger partial charge in [0.25, 0.3) is 5.91 Å². The summed E-state index contributed by atoms with van der Waals surface area (Å²) < 4.78 is 51.7. The van der Waals surface area contributed by atoms with Crippen molar-refractivity contribution in [3.05, 3.63) is 29.8 Å². The van der Waals surface area contributed by atoms with Gasteiger partial charge in [-0.15, -0.1) is 0 Å². The SMILES string of the molecule is CCN(CC)S(=O)(=O)c1ccc(C(=O)N2CCCCC2CNS(C)(=O)=O)cc1. The number of benzene rings is 1. The summed E-state index contributed by atoms with van der Waals surface area (Å²) in [5.74, 6) is -0.216. The van der Waals surface area contributed by atoms with Crippen LogP contribution in [0.5, 0.6) is 0 Å². The lowest BCUT2D eigenvalue weighted by Crippen LogP contribution is -2.49. The van der Waals surface area contributed by atoms with Gasteiger partial charge in [0, 0.05) is 37.8 Å². The van der Waals surface area contributed by atoms with Gasteiger partial charge in [-0.25, -0.2) is 21.6 Å². The Morgan fingerprint density at radius 1 is 1.11 bits per heavy atom. The van der Waals surface area contributed by atoms with Crippen molar-refractivity contribution >= 4 is 26.0 Å². The molecule has 0 radical (unpaired) electrons. The van der Waals surface area contributed by atoms with Crippen LogP contribution in [-0.2, 0) is 20.0 Å². The Labute approximate surface area is 168 Å². The lowest BCUT2D eigenvalue weighted by atomic mass is 10.0. The van der Waals surface area contributed by atoms with E-state index in [0.29, 0.717) is 25.2 Å². The molecule has 1 aromatic rings. The largest absolute Gasteiger partial charge is 0.334 e. The molecule has 1 atom stereocenters. The highest BCUT2D eigenvalue weighted by molar-refractivity contribution is 7.89. The number of likely N-dealkylation sites (tertiary alicyclic amines) is 1. The lowest BCUT2D eigenvalue weighted by Gasteiger charge is -2.36. The summed E-state index contributed by atoms with van der Waals surface area (Å²) >= 11 is 0. The molecule has 0 aromatic heterocycles. The third-order valence-electron chi connectivity index (χ3n) is 4.91. The van der Waals surface area contributed by atoms with Crippen molar-refractivity contribution in [1.29, 1.82) is 0 Å². The highest BCUT2D eigenvalue weighted by atomic mass is 32.2. The Morgan fingerprint density at radius 3 is 2.25 bits per heavy atom. The zero-order valence-electron chi connectivity index (χ0n) is 16.6. The molecule has 1 aliphatic rings. The fourth-order valence-corrected chi connectivity index (χ4v) is 5.33. The van der Waals surface area contributed by atoms with E-state index in [0.717, 1.165) is 25.5 Å². The van der Waals surface area contributed by atoms with Crippen LogP contribution in [0.4, 0.5) is 0 Å². The molecule has 1 unspecified atom stereocenters. The monoisotopic (exact) mass is 431 g/mol. The summed E-state index contributed by atoms with van der Waals surface area (Å²) in [6.07, 6.45) is 3.61. The van der Waals surface area contributed by atoms with Gasteiger partial charge >= 0.3 is 0 Å². The first-order valence-electron chi connectivity index (χ1n) is 9.46. The van der Waals surface area contributed by atoms with Crippen molar-refractivity contribution in [2.75, 3.05) is 32.4 Å². The van der Waals surface area contributed by atoms with Gasteiger partial charge in [-0.1, -0.05) is 13.8 Å². The molecule has 1 amide bonds. The smallest absolute Gasteiger partial charge is 0.254 e. The highest BCUT2D eigenvalue weighted by Crippen LogP contribution is 2.21. The van der Waals surface area contributed by atoms with Gasteiger partial charge in [0.15, 0.2) is 0 Å².